The molecule has 0 atom stereocenters. The largest absolute Gasteiger partial charge is 0.496 e. The number of para-hydroxylation sites is 1. The van der Waals surface area contributed by atoms with Gasteiger partial charge in [0.05, 0.1) is 23.5 Å². The Labute approximate surface area is 221 Å². The molecule has 0 aliphatic rings. The Balaban J connectivity index is 1.65. The van der Waals surface area contributed by atoms with E-state index < -0.39 is 11.9 Å². The van der Waals surface area contributed by atoms with Gasteiger partial charge in [0.25, 0.3) is 5.91 Å². The minimum atomic E-state index is -0.545. The number of carbonyl (C=O) groups is 2. The lowest BCUT2D eigenvalue weighted by Gasteiger charge is -2.19. The van der Waals surface area contributed by atoms with Gasteiger partial charge in [0.2, 0.25) is 0 Å². The molecule has 0 aromatic heterocycles. The predicted molar refractivity (Wildman–Crippen MR) is 148 cm³/mol. The van der Waals surface area contributed by atoms with Gasteiger partial charge >= 0.3 is 6.03 Å². The van der Waals surface area contributed by atoms with E-state index in [-0.39, 0.29) is 27.7 Å². The second-order valence-electron chi connectivity index (χ2n) is 8.03. The Bertz CT molecular complexity index is 1200. The van der Waals surface area contributed by atoms with Crippen LogP contribution < -0.4 is 31.2 Å². The van der Waals surface area contributed by atoms with Gasteiger partial charge in [-0.3, -0.25) is 4.79 Å². The van der Waals surface area contributed by atoms with Crippen LogP contribution >= 0.6 is 11.6 Å². The molecule has 0 aliphatic carbocycles. The number of likely N-dealkylation sites (N-methyl/N-ethyl adjacent to an activating group) is 1. The number of methoxy groups -OCH3 is 1. The lowest BCUT2D eigenvalue weighted by atomic mass is 10.1. The number of rotatable bonds is 11. The average Bonchev–Trinajstić information content (AvgIpc) is 2.90. The summed E-state index contributed by atoms with van der Waals surface area (Å²) < 4.78 is 11.1. The van der Waals surface area contributed by atoms with Crippen LogP contribution in [0.2, 0.25) is 5.02 Å². The van der Waals surface area contributed by atoms with Gasteiger partial charge in [-0.1, -0.05) is 43.6 Å². The number of ether oxygens (including phenoxy) is 2. The van der Waals surface area contributed by atoms with Crippen LogP contribution in [-0.4, -0.2) is 50.1 Å². The zero-order chi connectivity index (χ0) is 26.8. The molecule has 0 saturated heterocycles. The van der Waals surface area contributed by atoms with Crippen LogP contribution in [0, 0.1) is 0 Å². The number of benzene rings is 3. The van der Waals surface area contributed by atoms with E-state index in [1.807, 2.05) is 30.3 Å². The quantitative estimate of drug-likeness (QED) is 0.248. The molecule has 0 bridgehead atoms. The lowest BCUT2D eigenvalue weighted by Crippen LogP contribution is -2.35. The Morgan fingerprint density at radius 1 is 0.973 bits per heavy atom. The number of nitrogens with one attached hydrogen (secondary N) is 3. The summed E-state index contributed by atoms with van der Waals surface area (Å²) in [6.45, 7) is 7.04. The highest BCUT2D eigenvalue weighted by atomic mass is 35.5. The third-order valence-electron chi connectivity index (χ3n) is 5.66. The van der Waals surface area contributed by atoms with Gasteiger partial charge in [-0.2, -0.15) is 0 Å². The molecular formula is C27H32ClN5O4. The van der Waals surface area contributed by atoms with Crippen molar-refractivity contribution in [2.75, 3.05) is 49.7 Å². The first-order chi connectivity index (χ1) is 17.9. The van der Waals surface area contributed by atoms with Gasteiger partial charge < -0.3 is 36.1 Å². The van der Waals surface area contributed by atoms with E-state index in [2.05, 4.69) is 34.7 Å². The van der Waals surface area contributed by atoms with Crippen molar-refractivity contribution in [3.05, 3.63) is 71.2 Å². The second-order valence-corrected chi connectivity index (χ2v) is 8.41. The standard InChI is InChI=1S/C27H32ClN5O4/c1-4-33(5-2)16-15-30-26(34)23-22(36-3)17-21(24(28)25(23)29)32-27(35)31-18-11-13-20(14-12-18)37-19-9-7-6-8-10-19/h6-14,17H,4-5,15-16,29H2,1-3H3,(H,30,34)(H2,31,32,35). The van der Waals surface area contributed by atoms with Crippen LogP contribution in [0.3, 0.4) is 0 Å². The summed E-state index contributed by atoms with van der Waals surface area (Å²) in [5.41, 5.74) is 7.06. The highest BCUT2D eigenvalue weighted by Gasteiger charge is 2.22. The molecule has 37 heavy (non-hydrogen) atoms. The van der Waals surface area contributed by atoms with Gasteiger partial charge in [-0.05, 0) is 49.5 Å². The molecule has 10 heteroatoms. The fourth-order valence-electron chi connectivity index (χ4n) is 3.61. The molecule has 3 amide bonds. The molecule has 3 aromatic carbocycles. The number of hydrogen-bond acceptors (Lipinski definition) is 6. The van der Waals surface area contributed by atoms with Crippen LogP contribution in [0.5, 0.6) is 17.2 Å². The first kappa shape index (κ1) is 27.6. The number of nitrogens with two attached hydrogens (primary N) is 1. The minimum Gasteiger partial charge on any atom is -0.496 e. The highest BCUT2D eigenvalue weighted by Crippen LogP contribution is 2.38. The van der Waals surface area contributed by atoms with E-state index in [1.54, 1.807) is 24.3 Å². The molecule has 0 radical (unpaired) electrons. The number of hydrogen-bond donors (Lipinski definition) is 4. The van der Waals surface area contributed by atoms with Crippen molar-refractivity contribution in [1.82, 2.24) is 10.2 Å². The summed E-state index contributed by atoms with van der Waals surface area (Å²) in [6.07, 6.45) is 0. The van der Waals surface area contributed by atoms with Gasteiger partial charge in [-0.15, -0.1) is 0 Å². The normalized spacial score (nSPS) is 10.6. The molecule has 5 N–H and O–H groups in total. The van der Waals surface area contributed by atoms with Gasteiger partial charge in [-0.25, -0.2) is 4.79 Å². The van der Waals surface area contributed by atoms with E-state index in [9.17, 15) is 9.59 Å². The average molecular weight is 526 g/mol. The van der Waals surface area contributed by atoms with Crippen molar-refractivity contribution in [3.63, 3.8) is 0 Å². The Morgan fingerprint density at radius 3 is 2.24 bits per heavy atom. The Kier molecular flexibility index (Phi) is 10.00. The smallest absolute Gasteiger partial charge is 0.323 e. The number of halogens is 1. The van der Waals surface area contributed by atoms with Crippen molar-refractivity contribution in [1.29, 1.82) is 0 Å². The van der Waals surface area contributed by atoms with Gasteiger partial charge in [0.15, 0.2) is 0 Å². The maximum Gasteiger partial charge on any atom is 0.323 e. The molecule has 0 fully saturated rings. The monoisotopic (exact) mass is 525 g/mol. The van der Waals surface area contributed by atoms with E-state index in [4.69, 9.17) is 26.8 Å². The summed E-state index contributed by atoms with van der Waals surface area (Å²) in [7, 11) is 1.41. The fourth-order valence-corrected chi connectivity index (χ4v) is 3.81. The Hall–Kier alpha value is -3.95. The van der Waals surface area contributed by atoms with Gasteiger partial charge in [0, 0.05) is 24.8 Å². The first-order valence-corrected chi connectivity index (χ1v) is 12.3. The summed E-state index contributed by atoms with van der Waals surface area (Å²) in [4.78, 5) is 27.6. The zero-order valence-corrected chi connectivity index (χ0v) is 21.9. The van der Waals surface area contributed by atoms with Crippen molar-refractivity contribution in [2.45, 2.75) is 13.8 Å². The third-order valence-corrected chi connectivity index (χ3v) is 6.07. The van der Waals surface area contributed by atoms with Crippen LogP contribution in [0.1, 0.15) is 24.2 Å². The molecule has 196 valence electrons. The van der Waals surface area contributed by atoms with Crippen molar-refractivity contribution >= 4 is 40.6 Å². The molecule has 9 nitrogen and oxygen atoms in total. The summed E-state index contributed by atoms with van der Waals surface area (Å²) in [5, 5.41) is 8.26. The Morgan fingerprint density at radius 2 is 1.62 bits per heavy atom. The summed E-state index contributed by atoms with van der Waals surface area (Å²) in [5.74, 6) is 1.13. The number of urea groups is 1. The molecule has 0 unspecified atom stereocenters. The molecular weight excluding hydrogens is 494 g/mol. The second kappa shape index (κ2) is 13.4. The maximum absolute atomic E-state index is 12.8. The summed E-state index contributed by atoms with van der Waals surface area (Å²) >= 11 is 6.42. The topological polar surface area (TPSA) is 118 Å². The van der Waals surface area contributed by atoms with Crippen molar-refractivity contribution in [2.24, 2.45) is 0 Å². The summed E-state index contributed by atoms with van der Waals surface area (Å²) in [6, 6.07) is 17.2. The fraction of sp³-hybridized carbons (Fsp3) is 0.259. The molecule has 0 spiro atoms. The van der Waals surface area contributed by atoms with E-state index in [0.717, 1.165) is 13.1 Å². The molecule has 3 aromatic rings. The number of anilines is 3. The zero-order valence-electron chi connectivity index (χ0n) is 21.1. The first-order valence-electron chi connectivity index (χ1n) is 11.9. The van der Waals surface area contributed by atoms with Crippen LogP contribution in [0.15, 0.2) is 60.7 Å². The number of amides is 3. The molecule has 0 saturated carbocycles. The third kappa shape index (κ3) is 7.52. The van der Waals surface area contributed by atoms with Crippen molar-refractivity contribution in [3.8, 4) is 17.2 Å². The molecule has 0 heterocycles. The van der Waals surface area contributed by atoms with E-state index in [0.29, 0.717) is 30.3 Å². The number of nitrogens with zero attached hydrogens (tertiary/aromatic N) is 1. The van der Waals surface area contributed by atoms with Crippen LogP contribution in [0.4, 0.5) is 21.9 Å². The molecule has 0 aliphatic heterocycles. The SMILES string of the molecule is CCN(CC)CCNC(=O)c1c(OC)cc(NC(=O)Nc2ccc(Oc3ccccc3)cc2)c(Cl)c1N. The molecule has 3 rings (SSSR count). The highest BCUT2D eigenvalue weighted by molar-refractivity contribution is 6.37. The number of nitrogen functional groups attached to an aromatic ring is 1. The van der Waals surface area contributed by atoms with E-state index >= 15 is 0 Å². The van der Waals surface area contributed by atoms with Crippen LogP contribution in [0.25, 0.3) is 0 Å². The lowest BCUT2D eigenvalue weighted by molar-refractivity contribution is 0.0947. The minimum absolute atomic E-state index is 0.0130. The predicted octanol–water partition coefficient (Wildman–Crippen LogP) is 5.44. The number of carbonyl (C=O) groups excluding carboxylic acids is 2. The van der Waals surface area contributed by atoms with Gasteiger partial charge in [0.1, 0.15) is 22.8 Å². The maximum atomic E-state index is 12.8. The van der Waals surface area contributed by atoms with E-state index in [1.165, 1.54) is 13.2 Å². The van der Waals surface area contributed by atoms with Crippen LogP contribution in [-0.2, 0) is 0 Å². The van der Waals surface area contributed by atoms with Crippen molar-refractivity contribution < 1.29 is 19.1 Å².